The van der Waals surface area contributed by atoms with Crippen LogP contribution in [0.2, 0.25) is 0 Å². The number of rotatable bonds is 4. The molecule has 1 aliphatic carbocycles. The molecule has 3 N–H and O–H groups in total. The summed E-state index contributed by atoms with van der Waals surface area (Å²) in [5.74, 6) is 0.895. The predicted octanol–water partition coefficient (Wildman–Crippen LogP) is 1.33. The maximum absolute atomic E-state index is 10.1. The van der Waals surface area contributed by atoms with Gasteiger partial charge in [0.1, 0.15) is 5.82 Å². The number of hydrogen-bond donors (Lipinski definition) is 2. The fourth-order valence-electron chi connectivity index (χ4n) is 2.36. The third kappa shape index (κ3) is 3.24. The van der Waals surface area contributed by atoms with Crippen LogP contribution >= 0.6 is 11.8 Å². The first kappa shape index (κ1) is 13.8. The molecule has 5 nitrogen and oxygen atoms in total. The zero-order chi connectivity index (χ0) is 13.0. The molecule has 1 saturated carbocycles. The van der Waals surface area contributed by atoms with E-state index in [9.17, 15) is 5.11 Å². The van der Waals surface area contributed by atoms with Crippen LogP contribution in [-0.4, -0.2) is 37.8 Å². The molecule has 0 aromatic carbocycles. The summed E-state index contributed by atoms with van der Waals surface area (Å²) < 4.78 is 2.04. The van der Waals surface area contributed by atoms with Gasteiger partial charge in [0.15, 0.2) is 5.16 Å². The van der Waals surface area contributed by atoms with Crippen LogP contribution in [0.25, 0.3) is 0 Å². The normalized spacial score (nSPS) is 25.1. The van der Waals surface area contributed by atoms with Crippen molar-refractivity contribution in [1.29, 1.82) is 0 Å². The standard InChI is InChI=1S/C12H22N4OS/c1-9-14-15-12(16(9)8-7-13)18-11-6-4-2-3-5-10(11)17/h10-11,17H,2-8,13H2,1H3. The van der Waals surface area contributed by atoms with Crippen LogP contribution in [0.1, 0.15) is 37.9 Å². The minimum absolute atomic E-state index is 0.221. The molecule has 0 spiro atoms. The molecule has 0 bridgehead atoms. The second kappa shape index (κ2) is 6.54. The maximum atomic E-state index is 10.1. The lowest BCUT2D eigenvalue weighted by Gasteiger charge is -2.19. The largest absolute Gasteiger partial charge is 0.392 e. The molecule has 0 saturated heterocycles. The zero-order valence-electron chi connectivity index (χ0n) is 10.9. The molecule has 1 fully saturated rings. The summed E-state index contributed by atoms with van der Waals surface area (Å²) in [6, 6.07) is 0. The molecule has 0 amide bonds. The Morgan fingerprint density at radius 1 is 1.33 bits per heavy atom. The monoisotopic (exact) mass is 270 g/mol. The highest BCUT2D eigenvalue weighted by molar-refractivity contribution is 7.99. The third-order valence-electron chi connectivity index (χ3n) is 3.43. The van der Waals surface area contributed by atoms with E-state index in [1.807, 2.05) is 11.5 Å². The second-order valence-electron chi connectivity index (χ2n) is 4.83. The number of hydrogen-bond acceptors (Lipinski definition) is 5. The van der Waals surface area contributed by atoms with E-state index in [-0.39, 0.29) is 11.4 Å². The van der Waals surface area contributed by atoms with Gasteiger partial charge < -0.3 is 15.4 Å². The summed E-state index contributed by atoms with van der Waals surface area (Å²) in [5, 5.41) is 19.6. The molecule has 2 atom stereocenters. The molecule has 0 aliphatic heterocycles. The molecule has 0 radical (unpaired) electrons. The molecule has 102 valence electrons. The van der Waals surface area contributed by atoms with Gasteiger partial charge in [-0.15, -0.1) is 10.2 Å². The van der Waals surface area contributed by atoms with Crippen molar-refractivity contribution in [3.63, 3.8) is 0 Å². The molecular weight excluding hydrogens is 248 g/mol. The Bertz CT molecular complexity index is 382. The fourth-order valence-corrected chi connectivity index (χ4v) is 3.65. The number of aromatic nitrogens is 3. The summed E-state index contributed by atoms with van der Waals surface area (Å²) >= 11 is 1.66. The molecule has 1 aromatic heterocycles. The molecule has 2 unspecified atom stereocenters. The first-order valence-electron chi connectivity index (χ1n) is 6.67. The van der Waals surface area contributed by atoms with Gasteiger partial charge in [0, 0.05) is 18.3 Å². The average molecular weight is 270 g/mol. The lowest BCUT2D eigenvalue weighted by Crippen LogP contribution is -2.22. The van der Waals surface area contributed by atoms with Gasteiger partial charge >= 0.3 is 0 Å². The van der Waals surface area contributed by atoms with Gasteiger partial charge in [-0.2, -0.15) is 0 Å². The van der Waals surface area contributed by atoms with Gasteiger partial charge in [-0.25, -0.2) is 0 Å². The van der Waals surface area contributed by atoms with Gasteiger partial charge in [-0.05, 0) is 19.8 Å². The number of thioether (sulfide) groups is 1. The van der Waals surface area contributed by atoms with E-state index >= 15 is 0 Å². The number of aliphatic hydroxyl groups is 1. The highest BCUT2D eigenvalue weighted by atomic mass is 32.2. The summed E-state index contributed by atoms with van der Waals surface area (Å²) in [6.07, 6.45) is 5.29. The quantitative estimate of drug-likeness (QED) is 0.807. The van der Waals surface area contributed by atoms with Crippen molar-refractivity contribution in [2.45, 2.75) is 62.1 Å². The third-order valence-corrected chi connectivity index (χ3v) is 4.79. The number of nitrogens with two attached hydrogens (primary N) is 1. The van der Waals surface area contributed by atoms with Crippen LogP contribution < -0.4 is 5.73 Å². The lowest BCUT2D eigenvalue weighted by atomic mass is 10.1. The van der Waals surface area contributed by atoms with Gasteiger partial charge in [-0.3, -0.25) is 0 Å². The average Bonchev–Trinajstić information content (AvgIpc) is 2.57. The molecule has 1 aromatic rings. The SMILES string of the molecule is Cc1nnc(SC2CCCCCC2O)n1CCN. The van der Waals surface area contributed by atoms with E-state index in [0.29, 0.717) is 6.54 Å². The topological polar surface area (TPSA) is 77.0 Å². The van der Waals surface area contributed by atoms with Crippen molar-refractivity contribution in [1.82, 2.24) is 14.8 Å². The smallest absolute Gasteiger partial charge is 0.191 e. The Hall–Kier alpha value is -0.590. The van der Waals surface area contributed by atoms with Crippen LogP contribution in [0.5, 0.6) is 0 Å². The van der Waals surface area contributed by atoms with Crippen molar-refractivity contribution < 1.29 is 5.11 Å². The number of aliphatic hydroxyl groups excluding tert-OH is 1. The zero-order valence-corrected chi connectivity index (χ0v) is 11.7. The summed E-state index contributed by atoms with van der Waals surface area (Å²) in [5.41, 5.74) is 5.61. The highest BCUT2D eigenvalue weighted by Gasteiger charge is 2.24. The Balaban J connectivity index is 2.07. The van der Waals surface area contributed by atoms with Crippen LogP contribution in [0.4, 0.5) is 0 Å². The number of aryl methyl sites for hydroxylation is 1. The van der Waals surface area contributed by atoms with Crippen LogP contribution in [-0.2, 0) is 6.54 Å². The van der Waals surface area contributed by atoms with Crippen molar-refractivity contribution in [3.8, 4) is 0 Å². The van der Waals surface area contributed by atoms with E-state index in [1.165, 1.54) is 12.8 Å². The fraction of sp³-hybridized carbons (Fsp3) is 0.833. The molecule has 2 rings (SSSR count). The van der Waals surface area contributed by atoms with Crippen molar-refractivity contribution >= 4 is 11.8 Å². The van der Waals surface area contributed by atoms with Crippen LogP contribution in [0, 0.1) is 6.92 Å². The summed E-state index contributed by atoms with van der Waals surface area (Å²) in [4.78, 5) is 0. The number of nitrogens with zero attached hydrogens (tertiary/aromatic N) is 3. The second-order valence-corrected chi connectivity index (χ2v) is 6.04. The molecular formula is C12H22N4OS. The highest BCUT2D eigenvalue weighted by Crippen LogP contribution is 2.32. The van der Waals surface area contributed by atoms with E-state index < -0.39 is 0 Å². The van der Waals surface area contributed by atoms with Crippen LogP contribution in [0.3, 0.4) is 0 Å². The summed E-state index contributed by atoms with van der Waals surface area (Å²) in [6.45, 7) is 3.26. The van der Waals surface area contributed by atoms with E-state index in [1.54, 1.807) is 11.8 Å². The van der Waals surface area contributed by atoms with Gasteiger partial charge in [0.25, 0.3) is 0 Å². The first-order chi connectivity index (χ1) is 8.72. The maximum Gasteiger partial charge on any atom is 0.191 e. The van der Waals surface area contributed by atoms with Crippen molar-refractivity contribution in [3.05, 3.63) is 5.82 Å². The Morgan fingerprint density at radius 2 is 2.11 bits per heavy atom. The van der Waals surface area contributed by atoms with E-state index in [4.69, 9.17) is 5.73 Å². The molecule has 1 aliphatic rings. The van der Waals surface area contributed by atoms with Crippen molar-refractivity contribution in [2.24, 2.45) is 5.73 Å². The molecule has 18 heavy (non-hydrogen) atoms. The van der Waals surface area contributed by atoms with Crippen molar-refractivity contribution in [2.75, 3.05) is 6.54 Å². The molecule has 1 heterocycles. The molecule has 6 heteroatoms. The van der Waals surface area contributed by atoms with Crippen LogP contribution in [0.15, 0.2) is 5.16 Å². The Kier molecular flexibility index (Phi) is 5.03. The van der Waals surface area contributed by atoms with Gasteiger partial charge in [-0.1, -0.05) is 31.0 Å². The van der Waals surface area contributed by atoms with E-state index in [2.05, 4.69) is 10.2 Å². The Labute approximate surface area is 112 Å². The lowest BCUT2D eigenvalue weighted by molar-refractivity contribution is 0.163. The summed E-state index contributed by atoms with van der Waals surface area (Å²) in [7, 11) is 0. The Morgan fingerprint density at radius 3 is 2.89 bits per heavy atom. The minimum atomic E-state index is -0.221. The van der Waals surface area contributed by atoms with Gasteiger partial charge in [0.2, 0.25) is 0 Å². The predicted molar refractivity (Wildman–Crippen MR) is 72.6 cm³/mol. The minimum Gasteiger partial charge on any atom is -0.392 e. The first-order valence-corrected chi connectivity index (χ1v) is 7.55. The van der Waals surface area contributed by atoms with Gasteiger partial charge in [0.05, 0.1) is 6.10 Å². The van der Waals surface area contributed by atoms with E-state index in [0.717, 1.165) is 36.8 Å².